The van der Waals surface area contributed by atoms with Crippen LogP contribution in [0.3, 0.4) is 0 Å². The number of aromatic nitrogens is 2. The molecule has 0 radical (unpaired) electrons. The van der Waals surface area contributed by atoms with Gasteiger partial charge in [-0.25, -0.2) is 13.6 Å². The zero-order valence-electron chi connectivity index (χ0n) is 19.4. The van der Waals surface area contributed by atoms with Crippen LogP contribution in [0.1, 0.15) is 28.8 Å². The molecule has 1 aromatic heterocycles. The number of para-hydroxylation sites is 2. The zero-order valence-corrected chi connectivity index (χ0v) is 19.4. The zero-order chi connectivity index (χ0) is 24.4. The van der Waals surface area contributed by atoms with Gasteiger partial charge in [-0.2, -0.15) is 0 Å². The summed E-state index contributed by atoms with van der Waals surface area (Å²) in [4.78, 5) is 28.3. The van der Waals surface area contributed by atoms with Crippen LogP contribution >= 0.6 is 0 Å². The third kappa shape index (κ3) is 4.82. The summed E-state index contributed by atoms with van der Waals surface area (Å²) in [5.41, 5.74) is 2.49. The second-order valence-corrected chi connectivity index (χ2v) is 9.09. The molecule has 0 amide bonds. The van der Waals surface area contributed by atoms with E-state index in [1.165, 1.54) is 18.2 Å². The number of nitrogens with zero attached hydrogens (tertiary/aromatic N) is 3. The normalized spacial score (nSPS) is 15.0. The van der Waals surface area contributed by atoms with Gasteiger partial charge in [-0.3, -0.25) is 13.9 Å². The predicted octanol–water partition coefficient (Wildman–Crippen LogP) is 4.72. The summed E-state index contributed by atoms with van der Waals surface area (Å²) < 4.78 is 30.8. The maximum absolute atomic E-state index is 14.2. The van der Waals surface area contributed by atoms with Crippen molar-refractivity contribution in [2.24, 2.45) is 5.92 Å². The number of piperidine rings is 1. The van der Waals surface area contributed by atoms with E-state index >= 15 is 0 Å². The Kier molecular flexibility index (Phi) is 6.59. The molecule has 0 unspecified atom stereocenters. The van der Waals surface area contributed by atoms with E-state index in [4.69, 9.17) is 0 Å². The van der Waals surface area contributed by atoms with Gasteiger partial charge in [-0.05, 0) is 68.4 Å². The van der Waals surface area contributed by atoms with Gasteiger partial charge in [-0.1, -0.05) is 30.3 Å². The fourth-order valence-electron chi connectivity index (χ4n) is 4.95. The predicted molar refractivity (Wildman–Crippen MR) is 132 cm³/mol. The van der Waals surface area contributed by atoms with E-state index in [2.05, 4.69) is 4.90 Å². The molecular formula is C28H27F2N3O2. The summed E-state index contributed by atoms with van der Waals surface area (Å²) in [5, 5.41) is 0. The monoisotopic (exact) mass is 475 g/mol. The number of hydrogen-bond donors (Lipinski definition) is 0. The summed E-state index contributed by atoms with van der Waals surface area (Å²) >= 11 is 0. The standard InChI is InChI=1S/C28H27F2N3O2/c29-23-11-9-20(10-12-23)27(34)21-13-15-31(16-14-21)17-18-32-25-7-3-4-8-26(25)33(28(32)35)19-22-5-1-2-6-24(22)30/h1-12,21H,13-19H2. The molecular weight excluding hydrogens is 448 g/mol. The smallest absolute Gasteiger partial charge is 0.302 e. The average Bonchev–Trinajstić information content (AvgIpc) is 3.15. The van der Waals surface area contributed by atoms with E-state index in [1.807, 2.05) is 24.3 Å². The molecule has 1 aliphatic heterocycles. The van der Waals surface area contributed by atoms with E-state index in [-0.39, 0.29) is 35.6 Å². The lowest BCUT2D eigenvalue weighted by Gasteiger charge is -2.31. The number of likely N-dealkylation sites (tertiary alicyclic amines) is 1. The number of hydrogen-bond acceptors (Lipinski definition) is 3. The maximum Gasteiger partial charge on any atom is 0.329 e. The van der Waals surface area contributed by atoms with Crippen LogP contribution in [-0.4, -0.2) is 39.5 Å². The highest BCUT2D eigenvalue weighted by molar-refractivity contribution is 5.97. The van der Waals surface area contributed by atoms with Crippen LogP contribution in [0, 0.1) is 17.6 Å². The van der Waals surface area contributed by atoms with Crippen LogP contribution in [0.2, 0.25) is 0 Å². The Labute approximate surface area is 202 Å². The van der Waals surface area contributed by atoms with Crippen LogP contribution in [0.25, 0.3) is 11.0 Å². The third-order valence-corrected chi connectivity index (χ3v) is 6.94. The molecule has 1 aliphatic rings. The topological polar surface area (TPSA) is 47.2 Å². The maximum atomic E-state index is 14.2. The second-order valence-electron chi connectivity index (χ2n) is 9.09. The summed E-state index contributed by atoms with van der Waals surface area (Å²) in [5.74, 6) is -0.671. The lowest BCUT2D eigenvalue weighted by Crippen LogP contribution is -2.39. The number of imidazole rings is 1. The molecule has 4 aromatic rings. The Morgan fingerprint density at radius 1 is 0.800 bits per heavy atom. The Bertz CT molecular complexity index is 1400. The number of ketones is 1. The molecule has 0 atom stereocenters. The van der Waals surface area contributed by atoms with E-state index in [9.17, 15) is 18.4 Å². The SMILES string of the molecule is O=C(c1ccc(F)cc1)C1CCN(CCn2c(=O)n(Cc3ccccc3F)c3ccccc32)CC1. The number of carbonyl (C=O) groups excluding carboxylic acids is 1. The summed E-state index contributed by atoms with van der Waals surface area (Å²) in [7, 11) is 0. The number of carbonyl (C=O) groups is 1. The summed E-state index contributed by atoms with van der Waals surface area (Å²) in [6, 6.07) is 19.9. The first-order chi connectivity index (χ1) is 17.0. The molecule has 0 N–H and O–H groups in total. The number of fused-ring (bicyclic) bond motifs is 1. The lowest BCUT2D eigenvalue weighted by atomic mass is 9.89. The summed E-state index contributed by atoms with van der Waals surface area (Å²) in [6.07, 6.45) is 1.47. The van der Waals surface area contributed by atoms with Gasteiger partial charge < -0.3 is 4.90 Å². The van der Waals surface area contributed by atoms with E-state index in [0.29, 0.717) is 24.2 Å². The van der Waals surface area contributed by atoms with Crippen molar-refractivity contribution in [3.8, 4) is 0 Å². The van der Waals surface area contributed by atoms with Gasteiger partial charge in [0.15, 0.2) is 5.78 Å². The Hall–Kier alpha value is -3.58. The molecule has 0 bridgehead atoms. The van der Waals surface area contributed by atoms with Crippen LogP contribution in [0.15, 0.2) is 77.6 Å². The van der Waals surface area contributed by atoms with Gasteiger partial charge in [0.25, 0.3) is 0 Å². The third-order valence-electron chi connectivity index (χ3n) is 6.94. The Balaban J connectivity index is 1.27. The first kappa shape index (κ1) is 23.2. The number of Topliss-reactive ketones (excluding diaryl/α,β-unsaturated/α-hetero) is 1. The van der Waals surface area contributed by atoms with Crippen molar-refractivity contribution >= 4 is 16.8 Å². The van der Waals surface area contributed by atoms with Crippen molar-refractivity contribution in [3.63, 3.8) is 0 Å². The second kappa shape index (κ2) is 9.96. The van der Waals surface area contributed by atoms with Gasteiger partial charge in [0.05, 0.1) is 17.6 Å². The quantitative estimate of drug-likeness (QED) is 0.363. The van der Waals surface area contributed by atoms with Crippen molar-refractivity contribution in [1.29, 1.82) is 0 Å². The molecule has 0 saturated carbocycles. The Morgan fingerprint density at radius 3 is 2.11 bits per heavy atom. The molecule has 3 aromatic carbocycles. The van der Waals surface area contributed by atoms with Crippen LogP contribution in [0.5, 0.6) is 0 Å². The minimum absolute atomic E-state index is 0.0667. The molecule has 5 rings (SSSR count). The van der Waals surface area contributed by atoms with Crippen LogP contribution < -0.4 is 5.69 Å². The number of halogens is 2. The largest absolute Gasteiger partial charge is 0.329 e. The Morgan fingerprint density at radius 2 is 1.43 bits per heavy atom. The highest BCUT2D eigenvalue weighted by Crippen LogP contribution is 2.22. The molecule has 5 nitrogen and oxygen atoms in total. The first-order valence-corrected chi connectivity index (χ1v) is 11.9. The summed E-state index contributed by atoms with van der Waals surface area (Å²) in [6.45, 7) is 2.90. The van der Waals surface area contributed by atoms with Crippen molar-refractivity contribution < 1.29 is 13.6 Å². The van der Waals surface area contributed by atoms with E-state index < -0.39 is 0 Å². The van der Waals surface area contributed by atoms with Gasteiger partial charge in [-0.15, -0.1) is 0 Å². The first-order valence-electron chi connectivity index (χ1n) is 11.9. The van der Waals surface area contributed by atoms with Crippen LogP contribution in [-0.2, 0) is 13.1 Å². The molecule has 0 aliphatic carbocycles. The van der Waals surface area contributed by atoms with Crippen LogP contribution in [0.4, 0.5) is 8.78 Å². The van der Waals surface area contributed by atoms with Gasteiger partial charge in [0, 0.05) is 30.1 Å². The minimum Gasteiger partial charge on any atom is -0.302 e. The molecule has 180 valence electrons. The van der Waals surface area contributed by atoms with Crippen molar-refractivity contribution in [3.05, 3.63) is 106 Å². The van der Waals surface area contributed by atoms with Gasteiger partial charge in [0.2, 0.25) is 0 Å². The van der Waals surface area contributed by atoms with Gasteiger partial charge in [0.1, 0.15) is 11.6 Å². The molecule has 1 saturated heterocycles. The van der Waals surface area contributed by atoms with E-state index in [1.54, 1.807) is 39.5 Å². The highest BCUT2D eigenvalue weighted by Gasteiger charge is 2.26. The van der Waals surface area contributed by atoms with Crippen molar-refractivity contribution in [2.75, 3.05) is 19.6 Å². The average molecular weight is 476 g/mol. The van der Waals surface area contributed by atoms with Crippen molar-refractivity contribution in [2.45, 2.75) is 25.9 Å². The van der Waals surface area contributed by atoms with Crippen molar-refractivity contribution in [1.82, 2.24) is 14.0 Å². The van der Waals surface area contributed by atoms with Gasteiger partial charge >= 0.3 is 5.69 Å². The lowest BCUT2D eigenvalue weighted by molar-refractivity contribution is 0.0837. The van der Waals surface area contributed by atoms with E-state index in [0.717, 1.165) is 37.0 Å². The highest BCUT2D eigenvalue weighted by atomic mass is 19.1. The fraction of sp³-hybridized carbons (Fsp3) is 0.286. The molecule has 0 spiro atoms. The fourth-order valence-corrected chi connectivity index (χ4v) is 4.95. The number of rotatable bonds is 7. The molecule has 35 heavy (non-hydrogen) atoms. The molecule has 1 fully saturated rings. The molecule has 2 heterocycles. The molecule has 7 heteroatoms. The number of benzene rings is 3. The minimum atomic E-state index is -0.345.